The maximum atomic E-state index is 11.1. The van der Waals surface area contributed by atoms with Gasteiger partial charge >= 0.3 is 6.03 Å². The lowest BCUT2D eigenvalue weighted by molar-refractivity contribution is 0.259. The first kappa shape index (κ1) is 14.6. The molecule has 0 saturated carbocycles. The van der Waals surface area contributed by atoms with Crippen LogP contribution in [-0.2, 0) is 0 Å². The zero-order valence-corrected chi connectivity index (χ0v) is 12.3. The van der Waals surface area contributed by atoms with Crippen molar-refractivity contribution in [1.82, 2.24) is 9.97 Å². The zero-order chi connectivity index (χ0) is 16.2. The molecule has 1 aromatic heterocycles. The Bertz CT molecular complexity index is 867. The molecule has 0 unspecified atom stereocenters. The van der Waals surface area contributed by atoms with Gasteiger partial charge in [0.2, 0.25) is 5.88 Å². The summed E-state index contributed by atoms with van der Waals surface area (Å²) in [4.78, 5) is 19.4. The topological polar surface area (TPSA) is 99.4 Å². The number of aromatic nitrogens is 2. The van der Waals surface area contributed by atoms with Crippen molar-refractivity contribution in [1.29, 1.82) is 0 Å². The van der Waals surface area contributed by atoms with Crippen LogP contribution >= 0.6 is 0 Å². The van der Waals surface area contributed by atoms with Gasteiger partial charge in [0.05, 0.1) is 23.7 Å². The van der Waals surface area contributed by atoms with E-state index in [9.17, 15) is 4.79 Å². The standard InChI is InChI=1S/C16H14N4O3/c1-22-10-6-7-12-11(8-10)15(19-9-18-12)23-14-5-3-2-4-13(14)20-16(17)21/h2-9H,1H3,(H3,17,20,21). The van der Waals surface area contributed by atoms with Crippen molar-refractivity contribution in [2.24, 2.45) is 5.73 Å². The first-order chi connectivity index (χ1) is 11.2. The molecule has 0 aliphatic heterocycles. The summed E-state index contributed by atoms with van der Waals surface area (Å²) in [6.45, 7) is 0. The molecule has 116 valence electrons. The summed E-state index contributed by atoms with van der Waals surface area (Å²) in [6.07, 6.45) is 1.41. The molecule has 23 heavy (non-hydrogen) atoms. The second-order valence-electron chi connectivity index (χ2n) is 4.65. The van der Waals surface area contributed by atoms with Crippen molar-refractivity contribution in [2.45, 2.75) is 0 Å². The molecule has 0 saturated heterocycles. The number of carbonyl (C=O) groups is 1. The quantitative estimate of drug-likeness (QED) is 0.772. The van der Waals surface area contributed by atoms with E-state index in [0.29, 0.717) is 28.5 Å². The lowest BCUT2D eigenvalue weighted by atomic mass is 10.2. The smallest absolute Gasteiger partial charge is 0.316 e. The molecule has 2 aromatic carbocycles. The molecule has 3 rings (SSSR count). The number of nitrogens with one attached hydrogen (secondary N) is 1. The van der Waals surface area contributed by atoms with Crippen LogP contribution in [0.4, 0.5) is 10.5 Å². The number of para-hydroxylation sites is 2. The van der Waals surface area contributed by atoms with Crippen LogP contribution in [-0.4, -0.2) is 23.1 Å². The summed E-state index contributed by atoms with van der Waals surface area (Å²) in [5, 5.41) is 3.21. The highest BCUT2D eigenvalue weighted by atomic mass is 16.5. The van der Waals surface area contributed by atoms with Crippen molar-refractivity contribution in [3.05, 3.63) is 48.8 Å². The van der Waals surface area contributed by atoms with Gasteiger partial charge in [0.25, 0.3) is 0 Å². The molecular weight excluding hydrogens is 296 g/mol. The van der Waals surface area contributed by atoms with E-state index in [-0.39, 0.29) is 0 Å². The Morgan fingerprint density at radius 3 is 2.78 bits per heavy atom. The molecule has 2 amide bonds. The lowest BCUT2D eigenvalue weighted by Gasteiger charge is -2.12. The summed E-state index contributed by atoms with van der Waals surface area (Å²) in [7, 11) is 1.58. The number of methoxy groups -OCH3 is 1. The van der Waals surface area contributed by atoms with Crippen LogP contribution in [0.15, 0.2) is 48.8 Å². The van der Waals surface area contributed by atoms with Crippen LogP contribution in [0.25, 0.3) is 10.9 Å². The maximum Gasteiger partial charge on any atom is 0.316 e. The van der Waals surface area contributed by atoms with Crippen molar-refractivity contribution >= 4 is 22.6 Å². The van der Waals surface area contributed by atoms with Crippen molar-refractivity contribution in [3.8, 4) is 17.4 Å². The van der Waals surface area contributed by atoms with E-state index >= 15 is 0 Å². The van der Waals surface area contributed by atoms with E-state index in [1.54, 1.807) is 37.4 Å². The monoisotopic (exact) mass is 310 g/mol. The molecule has 7 nitrogen and oxygen atoms in total. The number of benzene rings is 2. The Morgan fingerprint density at radius 1 is 1.17 bits per heavy atom. The first-order valence-corrected chi connectivity index (χ1v) is 6.79. The summed E-state index contributed by atoms with van der Waals surface area (Å²) in [5.74, 6) is 1.45. The maximum absolute atomic E-state index is 11.1. The number of hydrogen-bond donors (Lipinski definition) is 2. The van der Waals surface area contributed by atoms with Gasteiger partial charge < -0.3 is 20.5 Å². The van der Waals surface area contributed by atoms with Crippen LogP contribution in [0.2, 0.25) is 0 Å². The van der Waals surface area contributed by atoms with Gasteiger partial charge in [-0.15, -0.1) is 0 Å². The number of amides is 2. The molecule has 3 aromatic rings. The number of rotatable bonds is 4. The molecule has 0 aliphatic rings. The van der Waals surface area contributed by atoms with Gasteiger partial charge in [-0.25, -0.2) is 14.8 Å². The number of anilines is 1. The predicted octanol–water partition coefficient (Wildman–Crippen LogP) is 2.92. The van der Waals surface area contributed by atoms with E-state index in [4.69, 9.17) is 15.2 Å². The highest BCUT2D eigenvalue weighted by Gasteiger charge is 2.11. The highest BCUT2D eigenvalue weighted by Crippen LogP contribution is 2.32. The summed E-state index contributed by atoms with van der Waals surface area (Å²) < 4.78 is 11.1. The molecule has 0 bridgehead atoms. The van der Waals surface area contributed by atoms with Crippen LogP contribution in [0.1, 0.15) is 0 Å². The Labute approximate surface area is 132 Å². The number of nitrogens with two attached hydrogens (primary N) is 1. The molecule has 3 N–H and O–H groups in total. The van der Waals surface area contributed by atoms with Gasteiger partial charge in [-0.1, -0.05) is 12.1 Å². The van der Waals surface area contributed by atoms with Gasteiger partial charge in [0, 0.05) is 0 Å². The number of hydrogen-bond acceptors (Lipinski definition) is 5. The third-order valence-electron chi connectivity index (χ3n) is 3.16. The fraction of sp³-hybridized carbons (Fsp3) is 0.0625. The third-order valence-corrected chi connectivity index (χ3v) is 3.16. The fourth-order valence-corrected chi connectivity index (χ4v) is 2.12. The Kier molecular flexibility index (Phi) is 3.92. The minimum absolute atomic E-state index is 0.354. The van der Waals surface area contributed by atoms with Crippen LogP contribution < -0.4 is 20.5 Å². The van der Waals surface area contributed by atoms with Gasteiger partial charge in [0.1, 0.15) is 12.1 Å². The van der Waals surface area contributed by atoms with Crippen LogP contribution in [0, 0.1) is 0 Å². The Hall–Kier alpha value is -3.35. The van der Waals surface area contributed by atoms with Gasteiger partial charge in [0.15, 0.2) is 5.75 Å². The highest BCUT2D eigenvalue weighted by molar-refractivity contribution is 5.90. The number of urea groups is 1. The number of nitrogens with zero attached hydrogens (tertiary/aromatic N) is 2. The van der Waals surface area contributed by atoms with Gasteiger partial charge in [-0.05, 0) is 30.3 Å². The van der Waals surface area contributed by atoms with Crippen LogP contribution in [0.5, 0.6) is 17.4 Å². The fourth-order valence-electron chi connectivity index (χ4n) is 2.12. The molecule has 0 fully saturated rings. The minimum atomic E-state index is -0.671. The second kappa shape index (κ2) is 6.18. The van der Waals surface area contributed by atoms with Gasteiger partial charge in [-0.3, -0.25) is 0 Å². The summed E-state index contributed by atoms with van der Waals surface area (Å²) in [5.41, 5.74) is 6.34. The average Bonchev–Trinajstić information content (AvgIpc) is 2.56. The first-order valence-electron chi connectivity index (χ1n) is 6.79. The van der Waals surface area contributed by atoms with E-state index in [1.807, 2.05) is 12.1 Å². The number of primary amides is 1. The molecule has 0 spiro atoms. The third kappa shape index (κ3) is 3.13. The molecule has 0 atom stereocenters. The normalized spacial score (nSPS) is 10.3. The number of fused-ring (bicyclic) bond motifs is 1. The molecular formula is C16H14N4O3. The molecule has 7 heteroatoms. The van der Waals surface area contributed by atoms with E-state index in [1.165, 1.54) is 6.33 Å². The SMILES string of the molecule is COc1ccc2ncnc(Oc3ccccc3NC(N)=O)c2c1. The van der Waals surface area contributed by atoms with E-state index in [2.05, 4.69) is 15.3 Å². The summed E-state index contributed by atoms with van der Waals surface area (Å²) in [6, 6.07) is 11.7. The average molecular weight is 310 g/mol. The minimum Gasteiger partial charge on any atom is -0.497 e. The molecule has 0 aliphatic carbocycles. The Morgan fingerprint density at radius 2 is 2.00 bits per heavy atom. The predicted molar refractivity (Wildman–Crippen MR) is 85.8 cm³/mol. The van der Waals surface area contributed by atoms with Crippen molar-refractivity contribution in [3.63, 3.8) is 0 Å². The van der Waals surface area contributed by atoms with Gasteiger partial charge in [-0.2, -0.15) is 0 Å². The van der Waals surface area contributed by atoms with Crippen molar-refractivity contribution in [2.75, 3.05) is 12.4 Å². The van der Waals surface area contributed by atoms with E-state index in [0.717, 1.165) is 5.52 Å². The number of carbonyl (C=O) groups excluding carboxylic acids is 1. The number of ether oxygens (including phenoxy) is 2. The largest absolute Gasteiger partial charge is 0.497 e. The Balaban J connectivity index is 2.03. The molecule has 1 heterocycles. The summed E-state index contributed by atoms with van der Waals surface area (Å²) >= 11 is 0. The van der Waals surface area contributed by atoms with E-state index < -0.39 is 6.03 Å². The molecule has 0 radical (unpaired) electrons. The lowest BCUT2D eigenvalue weighted by Crippen LogP contribution is -2.19. The zero-order valence-electron chi connectivity index (χ0n) is 12.3. The van der Waals surface area contributed by atoms with Crippen molar-refractivity contribution < 1.29 is 14.3 Å². The van der Waals surface area contributed by atoms with Crippen LogP contribution in [0.3, 0.4) is 0 Å². The second-order valence-corrected chi connectivity index (χ2v) is 4.65.